The molecule has 5 nitrogen and oxygen atoms in total. The van der Waals surface area contributed by atoms with Crippen molar-refractivity contribution in [3.8, 4) is 17.2 Å². The van der Waals surface area contributed by atoms with Gasteiger partial charge in [0, 0.05) is 6.08 Å². The van der Waals surface area contributed by atoms with Crippen LogP contribution in [-0.2, 0) is 21.6 Å². The number of rotatable bonds is 7. The molecule has 2 aromatic rings. The zero-order valence-electron chi connectivity index (χ0n) is 17.4. The summed E-state index contributed by atoms with van der Waals surface area (Å²) in [5.41, 5.74) is 3.02. The van der Waals surface area contributed by atoms with Crippen molar-refractivity contribution in [2.75, 3.05) is 21.3 Å². The molecule has 150 valence electrons. The number of benzene rings is 2. The van der Waals surface area contributed by atoms with Crippen molar-refractivity contribution in [1.82, 2.24) is 0 Å². The topological polar surface area (TPSA) is 54.0 Å². The van der Waals surface area contributed by atoms with Crippen LogP contribution in [-0.4, -0.2) is 27.3 Å². The molecule has 0 bridgehead atoms. The van der Waals surface area contributed by atoms with Gasteiger partial charge in [-0.1, -0.05) is 45.0 Å². The third-order valence-corrected chi connectivity index (χ3v) is 4.30. The highest BCUT2D eigenvalue weighted by molar-refractivity contribution is 5.87. The molecule has 0 atom stereocenters. The van der Waals surface area contributed by atoms with Crippen molar-refractivity contribution in [2.45, 2.75) is 32.8 Å². The van der Waals surface area contributed by atoms with E-state index < -0.39 is 5.97 Å². The smallest absolute Gasteiger partial charge is 0.331 e. The quantitative estimate of drug-likeness (QED) is 0.509. The lowest BCUT2D eigenvalue weighted by Gasteiger charge is -2.19. The van der Waals surface area contributed by atoms with Gasteiger partial charge in [0.05, 0.1) is 21.3 Å². The number of ether oxygens (including phenoxy) is 4. The summed E-state index contributed by atoms with van der Waals surface area (Å²) in [7, 11) is 4.63. The minimum Gasteiger partial charge on any atom is -0.493 e. The molecule has 0 amide bonds. The van der Waals surface area contributed by atoms with E-state index in [-0.39, 0.29) is 12.0 Å². The molecular formula is C23H28O5. The van der Waals surface area contributed by atoms with E-state index in [0.717, 1.165) is 11.1 Å². The van der Waals surface area contributed by atoms with E-state index in [4.69, 9.17) is 18.9 Å². The van der Waals surface area contributed by atoms with Crippen molar-refractivity contribution in [3.05, 3.63) is 59.2 Å². The van der Waals surface area contributed by atoms with Crippen LogP contribution in [0.1, 0.15) is 37.5 Å². The third kappa shape index (κ3) is 5.52. The largest absolute Gasteiger partial charge is 0.493 e. The van der Waals surface area contributed by atoms with E-state index in [1.54, 1.807) is 39.5 Å². The summed E-state index contributed by atoms with van der Waals surface area (Å²) in [6.07, 6.45) is 3.03. The Morgan fingerprint density at radius 3 is 1.96 bits per heavy atom. The monoisotopic (exact) mass is 384 g/mol. The average molecular weight is 384 g/mol. The fraction of sp³-hybridized carbons (Fsp3) is 0.348. The highest BCUT2D eigenvalue weighted by Crippen LogP contribution is 2.38. The van der Waals surface area contributed by atoms with Crippen LogP contribution >= 0.6 is 0 Å². The van der Waals surface area contributed by atoms with Gasteiger partial charge in [-0.2, -0.15) is 0 Å². The van der Waals surface area contributed by atoms with Gasteiger partial charge in [-0.25, -0.2) is 4.79 Å². The summed E-state index contributed by atoms with van der Waals surface area (Å²) >= 11 is 0. The minimum absolute atomic E-state index is 0.0957. The molecule has 0 fully saturated rings. The molecule has 2 aromatic carbocycles. The Bertz CT molecular complexity index is 804. The van der Waals surface area contributed by atoms with Crippen molar-refractivity contribution < 1.29 is 23.7 Å². The first-order chi connectivity index (χ1) is 13.3. The first-order valence-corrected chi connectivity index (χ1v) is 9.02. The number of esters is 1. The van der Waals surface area contributed by atoms with Gasteiger partial charge < -0.3 is 18.9 Å². The maximum Gasteiger partial charge on any atom is 0.331 e. The van der Waals surface area contributed by atoms with E-state index in [1.807, 2.05) is 12.1 Å². The molecule has 0 aliphatic carbocycles. The van der Waals surface area contributed by atoms with Crippen LogP contribution in [0.5, 0.6) is 17.2 Å². The van der Waals surface area contributed by atoms with Gasteiger partial charge in [0.2, 0.25) is 5.75 Å². The molecule has 0 unspecified atom stereocenters. The maximum absolute atomic E-state index is 12.1. The van der Waals surface area contributed by atoms with E-state index in [9.17, 15) is 4.79 Å². The molecule has 0 saturated heterocycles. The molecule has 0 aliphatic rings. The highest BCUT2D eigenvalue weighted by atomic mass is 16.5. The van der Waals surface area contributed by atoms with Crippen molar-refractivity contribution in [3.63, 3.8) is 0 Å². The zero-order valence-corrected chi connectivity index (χ0v) is 17.4. The number of carbonyl (C=O) groups is 1. The Labute approximate surface area is 166 Å². The van der Waals surface area contributed by atoms with Crippen molar-refractivity contribution in [1.29, 1.82) is 0 Å². The first-order valence-electron chi connectivity index (χ1n) is 9.02. The maximum atomic E-state index is 12.1. The summed E-state index contributed by atoms with van der Waals surface area (Å²) in [6.45, 7) is 6.71. The molecule has 28 heavy (non-hydrogen) atoms. The van der Waals surface area contributed by atoms with Gasteiger partial charge in [-0.05, 0) is 40.3 Å². The van der Waals surface area contributed by atoms with Gasteiger partial charge >= 0.3 is 5.97 Å². The second-order valence-corrected chi connectivity index (χ2v) is 7.35. The van der Waals surface area contributed by atoms with Crippen LogP contribution in [0.15, 0.2) is 42.5 Å². The van der Waals surface area contributed by atoms with Gasteiger partial charge in [-0.3, -0.25) is 0 Å². The van der Waals surface area contributed by atoms with Crippen LogP contribution in [0, 0.1) is 0 Å². The molecule has 5 heteroatoms. The molecule has 0 radical (unpaired) electrons. The molecule has 0 N–H and O–H groups in total. The van der Waals surface area contributed by atoms with Crippen LogP contribution < -0.4 is 14.2 Å². The Morgan fingerprint density at radius 2 is 1.50 bits per heavy atom. The van der Waals surface area contributed by atoms with Crippen molar-refractivity contribution in [2.24, 2.45) is 0 Å². The normalized spacial score (nSPS) is 11.4. The fourth-order valence-electron chi connectivity index (χ4n) is 2.67. The lowest BCUT2D eigenvalue weighted by molar-refractivity contribution is -0.138. The molecule has 2 rings (SSSR count). The van der Waals surface area contributed by atoms with Gasteiger partial charge in [0.1, 0.15) is 6.61 Å². The second-order valence-electron chi connectivity index (χ2n) is 7.35. The third-order valence-electron chi connectivity index (χ3n) is 4.30. The standard InChI is InChI=1S/C23H28O5/c1-23(2,3)18-10-7-16(8-11-18)15-28-21(24)12-9-17-13-19(25-4)22(27-6)20(14-17)26-5/h7-14H,15H2,1-6H3. The van der Waals surface area contributed by atoms with E-state index in [0.29, 0.717) is 17.2 Å². The molecular weight excluding hydrogens is 356 g/mol. The number of methoxy groups -OCH3 is 3. The Hall–Kier alpha value is -2.95. The number of hydrogen-bond acceptors (Lipinski definition) is 5. The molecule has 0 aromatic heterocycles. The number of carbonyl (C=O) groups excluding carboxylic acids is 1. The van der Waals surface area contributed by atoms with Gasteiger partial charge in [0.25, 0.3) is 0 Å². The predicted octanol–water partition coefficient (Wildman–Crippen LogP) is 4.77. The van der Waals surface area contributed by atoms with Crippen LogP contribution in [0.2, 0.25) is 0 Å². The highest BCUT2D eigenvalue weighted by Gasteiger charge is 2.13. The average Bonchev–Trinajstić information content (AvgIpc) is 2.69. The SMILES string of the molecule is COc1cc(C=CC(=O)OCc2ccc(C(C)(C)C)cc2)cc(OC)c1OC. The molecule has 0 saturated carbocycles. The molecule has 0 heterocycles. The zero-order chi connectivity index (χ0) is 20.7. The Kier molecular flexibility index (Phi) is 7.10. The molecule has 0 spiro atoms. The minimum atomic E-state index is -0.423. The Morgan fingerprint density at radius 1 is 0.929 bits per heavy atom. The Balaban J connectivity index is 2.02. The van der Waals surface area contributed by atoms with Gasteiger partial charge in [-0.15, -0.1) is 0 Å². The van der Waals surface area contributed by atoms with Crippen LogP contribution in [0.4, 0.5) is 0 Å². The lowest BCUT2D eigenvalue weighted by Crippen LogP contribution is -2.10. The van der Waals surface area contributed by atoms with E-state index >= 15 is 0 Å². The fourth-order valence-corrected chi connectivity index (χ4v) is 2.67. The second kappa shape index (κ2) is 9.31. The summed E-state index contributed by atoms with van der Waals surface area (Å²) in [5, 5.41) is 0. The summed E-state index contributed by atoms with van der Waals surface area (Å²) in [4.78, 5) is 12.1. The molecule has 0 aliphatic heterocycles. The van der Waals surface area contributed by atoms with Crippen molar-refractivity contribution >= 4 is 12.0 Å². The van der Waals surface area contributed by atoms with E-state index in [2.05, 4.69) is 32.9 Å². The lowest BCUT2D eigenvalue weighted by atomic mass is 9.87. The summed E-state index contributed by atoms with van der Waals surface area (Å²) in [6, 6.07) is 11.6. The van der Waals surface area contributed by atoms with Crippen LogP contribution in [0.3, 0.4) is 0 Å². The summed E-state index contributed by atoms with van der Waals surface area (Å²) < 4.78 is 21.2. The first kappa shape index (κ1) is 21.4. The van der Waals surface area contributed by atoms with E-state index in [1.165, 1.54) is 11.6 Å². The predicted molar refractivity (Wildman–Crippen MR) is 110 cm³/mol. The van der Waals surface area contributed by atoms with Crippen LogP contribution in [0.25, 0.3) is 6.08 Å². The van der Waals surface area contributed by atoms with Gasteiger partial charge in [0.15, 0.2) is 11.5 Å². The number of hydrogen-bond donors (Lipinski definition) is 0. The summed E-state index contributed by atoms with van der Waals surface area (Å²) in [5.74, 6) is 1.12.